The maximum absolute atomic E-state index is 2.42. The zero-order chi connectivity index (χ0) is 7.15. The summed E-state index contributed by atoms with van der Waals surface area (Å²) in [5.74, 6) is 1.70. The van der Waals surface area contributed by atoms with E-state index < -0.39 is 0 Å². The molecular weight excluding hydrogens is 115 g/mol. The zero-order valence-corrected chi connectivity index (χ0v) is 7.89. The van der Waals surface area contributed by atoms with Crippen molar-refractivity contribution in [3.05, 3.63) is 0 Å². The Kier molecular flexibility index (Phi) is 10.5. The largest absolute Gasteiger partial charge is 0.141 e. The molecule has 1 heteroatoms. The summed E-state index contributed by atoms with van der Waals surface area (Å²) in [5, 5.41) is 0. The first-order valence-corrected chi connectivity index (χ1v) is 4.37. The number of rotatable bonds is 1. The van der Waals surface area contributed by atoms with Crippen molar-refractivity contribution >= 4 is 9.24 Å². The van der Waals surface area contributed by atoms with Crippen molar-refractivity contribution in [2.75, 3.05) is 6.66 Å². The van der Waals surface area contributed by atoms with E-state index in [1.54, 1.807) is 0 Å². The Balaban J connectivity index is 0. The van der Waals surface area contributed by atoms with Gasteiger partial charge in [0.15, 0.2) is 0 Å². The molecule has 0 spiro atoms. The van der Waals surface area contributed by atoms with Gasteiger partial charge in [-0.05, 0) is 11.8 Å². The normalized spacial score (nSPS) is 9.00. The van der Waals surface area contributed by atoms with Crippen molar-refractivity contribution in [2.24, 2.45) is 11.8 Å². The van der Waals surface area contributed by atoms with Crippen LogP contribution in [0, 0.1) is 11.8 Å². The maximum atomic E-state index is 2.42. The van der Waals surface area contributed by atoms with E-state index in [0.717, 1.165) is 11.8 Å². The van der Waals surface area contributed by atoms with Crippen LogP contribution < -0.4 is 0 Å². The maximum Gasteiger partial charge on any atom is -0.0448 e. The molecule has 0 aliphatic carbocycles. The highest BCUT2D eigenvalue weighted by Gasteiger charge is 1.95. The van der Waals surface area contributed by atoms with Crippen LogP contribution in [0.3, 0.4) is 0 Å². The molecule has 8 heavy (non-hydrogen) atoms. The number of hydrogen-bond donors (Lipinski definition) is 0. The summed E-state index contributed by atoms with van der Waals surface area (Å²) in [4.78, 5) is 0. The molecule has 0 rings (SSSR count). The van der Waals surface area contributed by atoms with Crippen LogP contribution in [-0.2, 0) is 0 Å². The summed E-state index contributed by atoms with van der Waals surface area (Å²) in [6.07, 6.45) is 0. The van der Waals surface area contributed by atoms with Crippen LogP contribution >= 0.6 is 9.24 Å². The summed E-state index contributed by atoms with van der Waals surface area (Å²) in [6.45, 7) is 10.9. The van der Waals surface area contributed by atoms with E-state index in [1.165, 1.54) is 0 Å². The minimum atomic E-state index is 0.852. The third-order valence-electron chi connectivity index (χ3n) is 1.33. The average molecular weight is 134 g/mol. The summed E-state index contributed by atoms with van der Waals surface area (Å²) >= 11 is 0. The second-order valence-electron chi connectivity index (χ2n) is 2.49. The van der Waals surface area contributed by atoms with Gasteiger partial charge in [0.25, 0.3) is 0 Å². The van der Waals surface area contributed by atoms with Crippen LogP contribution in [0.5, 0.6) is 0 Å². The molecule has 0 N–H and O–H groups in total. The van der Waals surface area contributed by atoms with E-state index in [1.807, 2.05) is 6.66 Å². The van der Waals surface area contributed by atoms with E-state index in [9.17, 15) is 0 Å². The molecule has 0 aliphatic heterocycles. The van der Waals surface area contributed by atoms with Crippen molar-refractivity contribution in [3.63, 3.8) is 0 Å². The second kappa shape index (κ2) is 7.43. The first-order chi connectivity index (χ1) is 3.64. The molecule has 0 aliphatic rings. The third-order valence-corrected chi connectivity index (χ3v) is 1.33. The van der Waals surface area contributed by atoms with Crippen molar-refractivity contribution in [1.82, 2.24) is 0 Å². The quantitative estimate of drug-likeness (QED) is 0.484. The topological polar surface area (TPSA) is 0 Å². The van der Waals surface area contributed by atoms with Crippen molar-refractivity contribution < 1.29 is 0 Å². The van der Waals surface area contributed by atoms with Gasteiger partial charge in [-0.3, -0.25) is 0 Å². The Morgan fingerprint density at radius 1 is 0.750 bits per heavy atom. The lowest BCUT2D eigenvalue weighted by molar-refractivity contribution is 0.457. The molecule has 0 bridgehead atoms. The van der Waals surface area contributed by atoms with Gasteiger partial charge in [-0.1, -0.05) is 34.4 Å². The van der Waals surface area contributed by atoms with E-state index in [4.69, 9.17) is 0 Å². The lowest BCUT2D eigenvalue weighted by atomic mass is 10.0. The van der Waals surface area contributed by atoms with Gasteiger partial charge in [0.05, 0.1) is 0 Å². The van der Waals surface area contributed by atoms with Crippen molar-refractivity contribution in [3.8, 4) is 0 Å². The Morgan fingerprint density at radius 2 is 0.875 bits per heavy atom. The van der Waals surface area contributed by atoms with Gasteiger partial charge in [0, 0.05) is 0 Å². The molecule has 0 saturated carbocycles. The second-order valence-corrected chi connectivity index (χ2v) is 2.49. The van der Waals surface area contributed by atoms with E-state index in [2.05, 4.69) is 36.9 Å². The van der Waals surface area contributed by atoms with E-state index in [0.29, 0.717) is 0 Å². The molecule has 0 aromatic carbocycles. The van der Waals surface area contributed by atoms with Crippen molar-refractivity contribution in [1.29, 1.82) is 0 Å². The fourth-order valence-electron chi connectivity index (χ4n) is 0. The van der Waals surface area contributed by atoms with Crippen LogP contribution in [-0.4, -0.2) is 6.66 Å². The monoisotopic (exact) mass is 134 g/mol. The minimum absolute atomic E-state index is 0.852. The molecule has 0 aromatic rings. The van der Waals surface area contributed by atoms with Gasteiger partial charge < -0.3 is 0 Å². The lowest BCUT2D eigenvalue weighted by Gasteiger charge is -2.05. The molecule has 0 radical (unpaired) electrons. The highest BCUT2D eigenvalue weighted by Crippen LogP contribution is 2.05. The Bertz CT molecular complexity index is 25.4. The van der Waals surface area contributed by atoms with Crippen LogP contribution in [0.2, 0.25) is 0 Å². The first kappa shape index (κ1) is 11.3. The lowest BCUT2D eigenvalue weighted by Crippen LogP contribution is -1.95. The van der Waals surface area contributed by atoms with Gasteiger partial charge >= 0.3 is 0 Å². The Labute approximate surface area is 56.3 Å². The molecule has 0 aromatic heterocycles. The molecule has 52 valence electrons. The van der Waals surface area contributed by atoms with Crippen LogP contribution in [0.1, 0.15) is 27.7 Å². The highest BCUT2D eigenvalue weighted by atomic mass is 31.0. The van der Waals surface area contributed by atoms with Gasteiger partial charge in [0.1, 0.15) is 0 Å². The zero-order valence-electron chi connectivity index (χ0n) is 6.73. The van der Waals surface area contributed by atoms with Crippen LogP contribution in [0.4, 0.5) is 0 Å². The SMILES string of the molecule is CC(C)C(C)C.CP. The van der Waals surface area contributed by atoms with E-state index in [-0.39, 0.29) is 0 Å². The highest BCUT2D eigenvalue weighted by molar-refractivity contribution is 7.15. The summed E-state index contributed by atoms with van der Waals surface area (Å²) in [7, 11) is 2.42. The molecule has 0 amide bonds. The summed E-state index contributed by atoms with van der Waals surface area (Å²) < 4.78 is 0. The molecule has 0 nitrogen and oxygen atoms in total. The van der Waals surface area contributed by atoms with E-state index >= 15 is 0 Å². The predicted octanol–water partition coefficient (Wildman–Crippen LogP) is 2.79. The molecule has 1 atom stereocenters. The van der Waals surface area contributed by atoms with Gasteiger partial charge in [-0.15, -0.1) is 9.24 Å². The first-order valence-electron chi connectivity index (χ1n) is 3.22. The molecular formula is C7H19P. The smallest absolute Gasteiger partial charge is 0.0448 e. The predicted molar refractivity (Wildman–Crippen MR) is 45.3 cm³/mol. The minimum Gasteiger partial charge on any atom is -0.141 e. The van der Waals surface area contributed by atoms with Crippen molar-refractivity contribution in [2.45, 2.75) is 27.7 Å². The standard InChI is InChI=1S/C6H14.CH5P/c1-5(2)6(3)4;1-2/h5-6H,1-4H3;2H2,1H3. The summed E-state index contributed by atoms with van der Waals surface area (Å²) in [6, 6.07) is 0. The number of hydrogen-bond acceptors (Lipinski definition) is 0. The fourth-order valence-corrected chi connectivity index (χ4v) is 0. The summed E-state index contributed by atoms with van der Waals surface area (Å²) in [5.41, 5.74) is 0. The molecule has 1 unspecified atom stereocenters. The Hall–Kier alpha value is 0.430. The van der Waals surface area contributed by atoms with Gasteiger partial charge in [-0.25, -0.2) is 0 Å². The van der Waals surface area contributed by atoms with Gasteiger partial charge in [-0.2, -0.15) is 0 Å². The van der Waals surface area contributed by atoms with Crippen LogP contribution in [0.25, 0.3) is 0 Å². The van der Waals surface area contributed by atoms with Gasteiger partial charge in [0.2, 0.25) is 0 Å². The molecule has 0 saturated heterocycles. The fraction of sp³-hybridized carbons (Fsp3) is 1.00. The van der Waals surface area contributed by atoms with Crippen LogP contribution in [0.15, 0.2) is 0 Å². The third kappa shape index (κ3) is 9.66. The Morgan fingerprint density at radius 3 is 0.875 bits per heavy atom. The average Bonchev–Trinajstić information content (AvgIpc) is 1.72. The molecule has 0 fully saturated rings. The molecule has 0 heterocycles.